The number of carbonyl (C=O) groups is 1. The summed E-state index contributed by atoms with van der Waals surface area (Å²) in [5.41, 5.74) is 3.29. The number of fused-ring (bicyclic) bond motifs is 6. The number of amides is 1. The molecule has 4 saturated carbocycles. The van der Waals surface area contributed by atoms with Crippen molar-refractivity contribution in [2.45, 2.75) is 117 Å². The molecule has 4 heterocycles. The fourth-order valence-electron chi connectivity index (χ4n) is 11.4. The molecule has 280 valence electrons. The van der Waals surface area contributed by atoms with E-state index in [0.29, 0.717) is 60.3 Å². The predicted molar refractivity (Wildman–Crippen MR) is 196 cm³/mol. The van der Waals surface area contributed by atoms with Gasteiger partial charge in [-0.15, -0.1) is 0 Å². The maximum atomic E-state index is 14.4. The van der Waals surface area contributed by atoms with Gasteiger partial charge in [-0.1, -0.05) is 13.8 Å². The second-order valence-electron chi connectivity index (χ2n) is 16.9. The molecule has 10 nitrogen and oxygen atoms in total. The second-order valence-corrected chi connectivity index (χ2v) is 16.9. The summed E-state index contributed by atoms with van der Waals surface area (Å²) >= 11 is 0. The number of rotatable bonds is 10. The van der Waals surface area contributed by atoms with Crippen LogP contribution in [0.2, 0.25) is 0 Å². The average Bonchev–Trinajstić information content (AvgIpc) is 3.78. The maximum absolute atomic E-state index is 14.4. The topological polar surface area (TPSA) is 113 Å². The summed E-state index contributed by atoms with van der Waals surface area (Å²) in [6.07, 6.45) is 14.1. The largest absolute Gasteiger partial charge is 0.378 e. The molecule has 52 heavy (non-hydrogen) atoms. The molecule has 5 aliphatic rings. The number of hydrogen-bond acceptors (Lipinski definition) is 8. The van der Waals surface area contributed by atoms with Gasteiger partial charge in [0.15, 0.2) is 17.5 Å². The van der Waals surface area contributed by atoms with Gasteiger partial charge in [0.05, 0.1) is 24.5 Å². The lowest BCUT2D eigenvalue weighted by Gasteiger charge is -2.61. The summed E-state index contributed by atoms with van der Waals surface area (Å²) in [6, 6.07) is 3.84. The molecule has 1 aliphatic heterocycles. The summed E-state index contributed by atoms with van der Waals surface area (Å²) in [4.78, 5) is 35.8. The first-order valence-corrected chi connectivity index (χ1v) is 19.8. The predicted octanol–water partition coefficient (Wildman–Crippen LogP) is 8.04. The van der Waals surface area contributed by atoms with Gasteiger partial charge in [-0.25, -0.2) is 28.7 Å². The minimum Gasteiger partial charge on any atom is -0.378 e. The third kappa shape index (κ3) is 6.20. The highest BCUT2D eigenvalue weighted by Crippen LogP contribution is 2.67. The lowest BCUT2D eigenvalue weighted by Crippen LogP contribution is -2.55. The van der Waals surface area contributed by atoms with Crippen molar-refractivity contribution in [2.75, 3.05) is 36.0 Å². The molecule has 4 fully saturated rings. The summed E-state index contributed by atoms with van der Waals surface area (Å²) < 4.78 is 35.4. The summed E-state index contributed by atoms with van der Waals surface area (Å²) in [5.74, 6) is 1.58. The van der Waals surface area contributed by atoms with Gasteiger partial charge in [0.2, 0.25) is 11.8 Å². The van der Waals surface area contributed by atoms with Crippen molar-refractivity contribution < 1.29 is 18.3 Å². The van der Waals surface area contributed by atoms with E-state index in [2.05, 4.69) is 33.9 Å². The Kier molecular flexibility index (Phi) is 9.35. The van der Waals surface area contributed by atoms with Gasteiger partial charge in [0.25, 0.3) is 0 Å². The number of carbonyl (C=O) groups excluding carboxylic acids is 1. The van der Waals surface area contributed by atoms with Crippen molar-refractivity contribution in [2.24, 2.45) is 34.5 Å². The van der Waals surface area contributed by atoms with Gasteiger partial charge in [-0.2, -0.15) is 5.10 Å². The van der Waals surface area contributed by atoms with Gasteiger partial charge in [-0.05, 0) is 125 Å². The molecule has 12 heteroatoms. The number of nitrogens with one attached hydrogen (secondary N) is 1. The number of likely N-dealkylation sites (N-methyl/N-ethyl adjacent to an activating group) is 1. The Balaban J connectivity index is 0.852. The fourth-order valence-corrected chi connectivity index (χ4v) is 11.4. The zero-order valence-corrected chi connectivity index (χ0v) is 31.2. The third-order valence-corrected chi connectivity index (χ3v) is 14.2. The van der Waals surface area contributed by atoms with Crippen molar-refractivity contribution in [3.8, 4) is 22.8 Å². The van der Waals surface area contributed by atoms with Crippen LogP contribution in [0, 0.1) is 41.4 Å². The molecule has 0 radical (unpaired) electrons. The number of aryl methyl sites for hydroxylation is 1. The van der Waals surface area contributed by atoms with Crippen LogP contribution in [0.5, 0.6) is 0 Å². The Morgan fingerprint density at radius 2 is 1.77 bits per heavy atom. The zero-order valence-electron chi connectivity index (χ0n) is 31.2. The Morgan fingerprint density at radius 3 is 2.56 bits per heavy atom. The molecule has 0 aromatic carbocycles. The number of ether oxygens (including phenoxy) is 1. The molecule has 1 N–H and O–H groups in total. The van der Waals surface area contributed by atoms with Crippen molar-refractivity contribution in [1.82, 2.24) is 30.1 Å². The lowest BCUT2D eigenvalue weighted by molar-refractivity contribution is -0.169. The highest BCUT2D eigenvalue weighted by Gasteiger charge is 2.62. The smallest absolute Gasteiger partial charge is 0.248 e. The number of aromatic nitrogens is 6. The molecule has 8 rings (SSSR count). The van der Waals surface area contributed by atoms with Crippen LogP contribution in [0.3, 0.4) is 0 Å². The fraction of sp³-hybridized carbons (Fsp3) is 0.700. The summed E-state index contributed by atoms with van der Waals surface area (Å²) in [5, 5.41) is 6.77. The number of anilines is 2. The minimum absolute atomic E-state index is 0.0305. The molecule has 0 spiro atoms. The minimum atomic E-state index is -2.47. The van der Waals surface area contributed by atoms with E-state index < -0.39 is 5.92 Å². The van der Waals surface area contributed by atoms with Crippen LogP contribution in [-0.2, 0) is 9.53 Å². The highest BCUT2D eigenvalue weighted by molar-refractivity contribution is 6.01. The standard InChI is InChI=1S/C40H54F2N8O2/c1-5-50-34(51)23-49(36-37(50)47-32(22-43-36)27-11-13-31(46-25(27)2)35-44-24-45-48-35)19-7-6-8-20-52-33-14-12-29-28-10-9-26-21-40(41,42)18-17-38(26,3)30(28)15-16-39(29,33)4/h11,13,22,24,26,28-30,33H,5-10,12,14-21,23H2,1-4H3,(H,44,45,48)/t26-,28-,29-,30-,33-,38?,39-/m0/s1. The Labute approximate surface area is 306 Å². The summed E-state index contributed by atoms with van der Waals surface area (Å²) in [7, 11) is 0. The molecule has 3 aromatic heterocycles. The van der Waals surface area contributed by atoms with Gasteiger partial charge in [0, 0.05) is 43.8 Å². The SMILES string of the molecule is CCN1C(=O)CN(CCCCCO[C@H]2CC[C@H]3[C@@H]4CC[C@H]5CC(F)(F)CCC5(C)[C@H]4CC[C@]23C)c2ncc(-c3ccc(-c4ncn[nH]4)nc3C)nc21. The first-order chi connectivity index (χ1) is 25.0. The molecule has 1 unspecified atom stereocenters. The Morgan fingerprint density at radius 1 is 0.923 bits per heavy atom. The molecular weight excluding hydrogens is 662 g/mol. The van der Waals surface area contributed by atoms with Crippen LogP contribution in [0.25, 0.3) is 22.8 Å². The first-order valence-electron chi connectivity index (χ1n) is 19.8. The lowest BCUT2D eigenvalue weighted by atomic mass is 9.45. The van der Waals surface area contributed by atoms with Gasteiger partial charge < -0.3 is 9.64 Å². The first kappa shape index (κ1) is 35.5. The van der Waals surface area contributed by atoms with Gasteiger partial charge >= 0.3 is 0 Å². The van der Waals surface area contributed by atoms with Crippen LogP contribution in [0.1, 0.15) is 104 Å². The number of aromatic amines is 1. The average molecular weight is 717 g/mol. The van der Waals surface area contributed by atoms with Crippen molar-refractivity contribution in [3.05, 3.63) is 30.4 Å². The molecule has 1 amide bonds. The van der Waals surface area contributed by atoms with Crippen LogP contribution in [0.4, 0.5) is 20.4 Å². The Bertz CT molecular complexity index is 1770. The van der Waals surface area contributed by atoms with Gasteiger partial charge in [-0.3, -0.25) is 14.8 Å². The number of H-pyrrole nitrogens is 1. The van der Waals surface area contributed by atoms with E-state index in [1.54, 1.807) is 11.1 Å². The van der Waals surface area contributed by atoms with Gasteiger partial charge in [0.1, 0.15) is 12.0 Å². The molecule has 4 aliphatic carbocycles. The Hall–Kier alpha value is -3.54. The van der Waals surface area contributed by atoms with E-state index >= 15 is 0 Å². The van der Waals surface area contributed by atoms with E-state index in [1.165, 1.54) is 19.2 Å². The molecule has 0 saturated heterocycles. The van der Waals surface area contributed by atoms with Crippen molar-refractivity contribution >= 4 is 17.5 Å². The second kappa shape index (κ2) is 13.7. The van der Waals surface area contributed by atoms with E-state index in [1.807, 2.05) is 26.0 Å². The monoisotopic (exact) mass is 716 g/mol. The van der Waals surface area contributed by atoms with Crippen molar-refractivity contribution in [3.63, 3.8) is 0 Å². The summed E-state index contributed by atoms with van der Waals surface area (Å²) in [6.45, 7) is 11.0. The van der Waals surface area contributed by atoms with E-state index in [0.717, 1.165) is 75.2 Å². The zero-order chi connectivity index (χ0) is 36.3. The molecule has 7 atom stereocenters. The van der Waals surface area contributed by atoms with E-state index in [4.69, 9.17) is 19.7 Å². The molecule has 3 aromatic rings. The number of hydrogen-bond donors (Lipinski definition) is 1. The highest BCUT2D eigenvalue weighted by atomic mass is 19.3. The van der Waals surface area contributed by atoms with Crippen LogP contribution in [0.15, 0.2) is 24.7 Å². The maximum Gasteiger partial charge on any atom is 0.248 e. The molecular formula is C40H54F2N8O2. The normalized spacial score (nSPS) is 32.3. The number of unbranched alkanes of at least 4 members (excludes halogenated alkanes) is 2. The number of pyridine rings is 1. The van der Waals surface area contributed by atoms with Crippen LogP contribution >= 0.6 is 0 Å². The number of halogens is 2. The van der Waals surface area contributed by atoms with Crippen LogP contribution < -0.4 is 9.80 Å². The van der Waals surface area contributed by atoms with E-state index in [-0.39, 0.29) is 41.6 Å². The third-order valence-electron chi connectivity index (χ3n) is 14.2. The quantitative estimate of drug-likeness (QED) is 0.210. The van der Waals surface area contributed by atoms with E-state index in [9.17, 15) is 13.6 Å². The molecule has 0 bridgehead atoms. The number of nitrogens with zero attached hydrogens (tertiary/aromatic N) is 7. The van der Waals surface area contributed by atoms with Crippen LogP contribution in [-0.4, -0.2) is 74.3 Å². The number of alkyl halides is 2. The van der Waals surface area contributed by atoms with Crippen molar-refractivity contribution in [1.29, 1.82) is 0 Å².